The molecule has 3 heteroatoms. The average molecular weight is 113 g/mol. The zero-order chi connectivity index (χ0) is 6.15. The Balaban J connectivity index is 3.19. The number of rotatable bonds is 0. The minimum atomic E-state index is -0.343. The molecule has 0 fully saturated rings. The normalized spacial score (nSPS) is 9.88. The molecular weight excluding hydrogens is 107 g/mol. The molecule has 2 nitrogen and oxygen atoms in total. The number of aromatic amines is 1. The third-order valence-corrected chi connectivity index (χ3v) is 0.941. The second kappa shape index (κ2) is 1.58. The third-order valence-electron chi connectivity index (χ3n) is 0.941. The lowest BCUT2D eigenvalue weighted by molar-refractivity contribution is 0.614. The molecule has 0 aliphatic rings. The summed E-state index contributed by atoms with van der Waals surface area (Å²) >= 11 is 0. The second-order valence-electron chi connectivity index (χ2n) is 1.60. The molecular formula is C5H6FN2. The molecule has 0 bridgehead atoms. The summed E-state index contributed by atoms with van der Waals surface area (Å²) in [4.78, 5) is 0. The van der Waals surface area contributed by atoms with Crippen molar-refractivity contribution in [1.82, 2.24) is 10.2 Å². The molecule has 43 valence electrons. The minimum absolute atomic E-state index is 0.252. The van der Waals surface area contributed by atoms with Crippen LogP contribution >= 0.6 is 0 Å². The Morgan fingerprint density at radius 1 is 1.75 bits per heavy atom. The van der Waals surface area contributed by atoms with Crippen molar-refractivity contribution in [3.63, 3.8) is 0 Å². The third kappa shape index (κ3) is 0.598. The Morgan fingerprint density at radius 2 is 2.38 bits per heavy atom. The van der Waals surface area contributed by atoms with Crippen LogP contribution in [0.15, 0.2) is 0 Å². The van der Waals surface area contributed by atoms with Crippen LogP contribution in [0.5, 0.6) is 0 Å². The molecule has 0 aliphatic heterocycles. The summed E-state index contributed by atoms with van der Waals surface area (Å²) in [5, 5.41) is 5.95. The van der Waals surface area contributed by atoms with Crippen molar-refractivity contribution in [3.05, 3.63) is 24.1 Å². The van der Waals surface area contributed by atoms with E-state index in [4.69, 9.17) is 0 Å². The van der Waals surface area contributed by atoms with Crippen molar-refractivity contribution < 1.29 is 4.39 Å². The number of aryl methyl sites for hydroxylation is 1. The summed E-state index contributed by atoms with van der Waals surface area (Å²) in [6, 6.07) is 0. The van der Waals surface area contributed by atoms with E-state index in [1.807, 2.05) is 0 Å². The zero-order valence-electron chi connectivity index (χ0n) is 4.53. The van der Waals surface area contributed by atoms with E-state index in [-0.39, 0.29) is 11.5 Å². The van der Waals surface area contributed by atoms with E-state index in [9.17, 15) is 4.39 Å². The lowest BCUT2D eigenvalue weighted by Gasteiger charge is -1.78. The average Bonchev–Trinajstić information content (AvgIpc) is 1.98. The summed E-state index contributed by atoms with van der Waals surface area (Å²) in [7, 11) is 0. The van der Waals surface area contributed by atoms with Crippen molar-refractivity contribution in [2.24, 2.45) is 0 Å². The van der Waals surface area contributed by atoms with Gasteiger partial charge in [0.25, 0.3) is 0 Å². The Morgan fingerprint density at radius 3 is 2.50 bits per heavy atom. The van der Waals surface area contributed by atoms with Gasteiger partial charge < -0.3 is 0 Å². The van der Waals surface area contributed by atoms with Crippen LogP contribution in [0.1, 0.15) is 11.4 Å². The molecule has 0 unspecified atom stereocenters. The summed E-state index contributed by atoms with van der Waals surface area (Å²) in [6.45, 7) is 4.93. The first kappa shape index (κ1) is 5.28. The first-order chi connectivity index (χ1) is 3.72. The molecule has 1 heterocycles. The van der Waals surface area contributed by atoms with Gasteiger partial charge in [-0.15, -0.1) is 0 Å². The molecule has 8 heavy (non-hydrogen) atoms. The number of hydrogen-bond donors (Lipinski definition) is 1. The van der Waals surface area contributed by atoms with E-state index in [1.165, 1.54) is 0 Å². The van der Waals surface area contributed by atoms with E-state index in [0.29, 0.717) is 5.69 Å². The van der Waals surface area contributed by atoms with Crippen LogP contribution in [0.4, 0.5) is 4.39 Å². The summed E-state index contributed by atoms with van der Waals surface area (Å²) in [6.07, 6.45) is 0. The van der Waals surface area contributed by atoms with E-state index < -0.39 is 0 Å². The fraction of sp³-hybridized carbons (Fsp3) is 0.200. The van der Waals surface area contributed by atoms with Gasteiger partial charge in [-0.25, -0.2) is 4.39 Å². The number of halogens is 1. The fourth-order valence-corrected chi connectivity index (χ4v) is 0.468. The van der Waals surface area contributed by atoms with Crippen LogP contribution < -0.4 is 0 Å². The number of hydrogen-bond acceptors (Lipinski definition) is 1. The predicted octanol–water partition coefficient (Wildman–Crippen LogP) is 1.04. The topological polar surface area (TPSA) is 28.7 Å². The van der Waals surface area contributed by atoms with Gasteiger partial charge in [-0.3, -0.25) is 5.10 Å². The molecule has 0 atom stereocenters. The zero-order valence-corrected chi connectivity index (χ0v) is 4.53. The van der Waals surface area contributed by atoms with Crippen LogP contribution in [0.2, 0.25) is 0 Å². The van der Waals surface area contributed by atoms with Crippen LogP contribution in [-0.2, 0) is 0 Å². The molecule has 0 aliphatic carbocycles. The fourth-order valence-electron chi connectivity index (χ4n) is 0.468. The van der Waals surface area contributed by atoms with Crippen LogP contribution in [0, 0.1) is 19.7 Å². The summed E-state index contributed by atoms with van der Waals surface area (Å²) < 4.78 is 12.3. The second-order valence-corrected chi connectivity index (χ2v) is 1.60. The van der Waals surface area contributed by atoms with Gasteiger partial charge in [0.1, 0.15) is 0 Å². The molecule has 0 saturated carbocycles. The quantitative estimate of drug-likeness (QED) is 0.535. The Bertz CT molecular complexity index is 173. The Kier molecular flexibility index (Phi) is 1.04. The molecule has 0 amide bonds. The highest BCUT2D eigenvalue weighted by Crippen LogP contribution is 2.03. The van der Waals surface area contributed by atoms with Gasteiger partial charge in [-0.1, -0.05) is 0 Å². The Hall–Kier alpha value is -0.860. The van der Waals surface area contributed by atoms with Crippen molar-refractivity contribution in [3.8, 4) is 0 Å². The van der Waals surface area contributed by atoms with Crippen LogP contribution in [0.25, 0.3) is 0 Å². The van der Waals surface area contributed by atoms with Gasteiger partial charge in [0, 0.05) is 0 Å². The number of aromatic nitrogens is 2. The van der Waals surface area contributed by atoms with Crippen LogP contribution in [0.3, 0.4) is 0 Å². The lowest BCUT2D eigenvalue weighted by atomic mass is 10.4. The van der Waals surface area contributed by atoms with Crippen molar-refractivity contribution in [2.45, 2.75) is 6.92 Å². The van der Waals surface area contributed by atoms with Crippen molar-refractivity contribution in [2.75, 3.05) is 0 Å². The van der Waals surface area contributed by atoms with Gasteiger partial charge in [0.2, 0.25) is 0 Å². The molecule has 0 spiro atoms. The molecule has 1 N–H and O–H groups in total. The number of H-pyrrole nitrogens is 1. The Labute approximate surface area is 46.7 Å². The molecule has 1 aromatic heterocycles. The van der Waals surface area contributed by atoms with Gasteiger partial charge in [0.05, 0.1) is 11.4 Å². The highest BCUT2D eigenvalue weighted by Gasteiger charge is 2.01. The first-order valence-electron chi connectivity index (χ1n) is 2.24. The maximum atomic E-state index is 12.3. The van der Waals surface area contributed by atoms with E-state index in [1.54, 1.807) is 6.92 Å². The summed E-state index contributed by atoms with van der Waals surface area (Å²) in [5.74, 6) is -0.343. The SMILES string of the molecule is [CH2]c1[nH]nc(C)c1F. The van der Waals surface area contributed by atoms with Gasteiger partial charge in [-0.2, -0.15) is 5.10 Å². The van der Waals surface area contributed by atoms with Gasteiger partial charge in [0.15, 0.2) is 5.82 Å². The smallest absolute Gasteiger partial charge is 0.166 e. The van der Waals surface area contributed by atoms with E-state index >= 15 is 0 Å². The largest absolute Gasteiger partial charge is 0.279 e. The molecule has 1 rings (SSSR count). The maximum Gasteiger partial charge on any atom is 0.166 e. The lowest BCUT2D eigenvalue weighted by Crippen LogP contribution is -1.75. The van der Waals surface area contributed by atoms with Crippen molar-refractivity contribution in [1.29, 1.82) is 0 Å². The number of nitrogens with zero attached hydrogens (tertiary/aromatic N) is 1. The summed E-state index contributed by atoms with van der Waals surface area (Å²) in [5.41, 5.74) is 0.623. The maximum absolute atomic E-state index is 12.3. The monoisotopic (exact) mass is 113 g/mol. The predicted molar refractivity (Wildman–Crippen MR) is 27.7 cm³/mol. The molecule has 1 aromatic rings. The standard InChI is InChI=1S/C5H6FN2/c1-3-5(6)4(2)8-7-3/h1H2,2H3,(H,7,8). The highest BCUT2D eigenvalue weighted by molar-refractivity contribution is 5.12. The van der Waals surface area contributed by atoms with Gasteiger partial charge in [-0.05, 0) is 13.8 Å². The van der Waals surface area contributed by atoms with Crippen LogP contribution in [-0.4, -0.2) is 10.2 Å². The highest BCUT2D eigenvalue weighted by atomic mass is 19.1. The first-order valence-corrected chi connectivity index (χ1v) is 2.24. The van der Waals surface area contributed by atoms with Gasteiger partial charge >= 0.3 is 0 Å². The molecule has 0 aromatic carbocycles. The molecule has 0 saturated heterocycles. The minimum Gasteiger partial charge on any atom is -0.279 e. The van der Waals surface area contributed by atoms with E-state index in [2.05, 4.69) is 17.1 Å². The van der Waals surface area contributed by atoms with Crippen molar-refractivity contribution >= 4 is 0 Å². The van der Waals surface area contributed by atoms with E-state index in [0.717, 1.165) is 0 Å². The number of nitrogens with one attached hydrogen (secondary N) is 1. The molecule has 1 radical (unpaired) electrons.